The largest absolute Gasteiger partial charge is 0.135 e. The fourth-order valence-electron chi connectivity index (χ4n) is 10.1. The first-order valence-electron chi connectivity index (χ1n) is 19.7. The molecule has 0 nitrogen and oxygen atoms in total. The van der Waals surface area contributed by atoms with E-state index in [0.29, 0.717) is 0 Å². The summed E-state index contributed by atoms with van der Waals surface area (Å²) in [7, 11) is 0. The van der Waals surface area contributed by atoms with Crippen molar-refractivity contribution in [2.75, 3.05) is 0 Å². The summed E-state index contributed by atoms with van der Waals surface area (Å²) in [6.07, 6.45) is 0. The molecule has 1 aromatic heterocycles. The molecule has 0 atom stereocenters. The van der Waals surface area contributed by atoms with E-state index in [1.807, 2.05) is 11.3 Å². The molecule has 0 aliphatic carbocycles. The van der Waals surface area contributed by atoms with E-state index in [1.165, 1.54) is 129 Å². The molecular formula is C56H32S. The van der Waals surface area contributed by atoms with Crippen molar-refractivity contribution < 1.29 is 0 Å². The van der Waals surface area contributed by atoms with Crippen LogP contribution < -0.4 is 0 Å². The lowest BCUT2D eigenvalue weighted by molar-refractivity contribution is 1.70. The van der Waals surface area contributed by atoms with Crippen LogP contribution in [-0.4, -0.2) is 0 Å². The van der Waals surface area contributed by atoms with E-state index in [1.54, 1.807) is 0 Å². The van der Waals surface area contributed by atoms with Crippen LogP contribution in [0.5, 0.6) is 0 Å². The minimum Gasteiger partial charge on any atom is -0.135 e. The molecule has 0 saturated carbocycles. The van der Waals surface area contributed by atoms with Crippen molar-refractivity contribution in [1.82, 2.24) is 0 Å². The first-order chi connectivity index (χ1) is 28.3. The van der Waals surface area contributed by atoms with Crippen LogP contribution in [0.2, 0.25) is 0 Å². The van der Waals surface area contributed by atoms with Crippen LogP contribution in [0.4, 0.5) is 0 Å². The Balaban J connectivity index is 1.12. The number of benzene rings is 12. The lowest BCUT2D eigenvalue weighted by atomic mass is 9.83. The maximum Gasteiger partial charge on any atom is 0.0362 e. The van der Waals surface area contributed by atoms with E-state index in [9.17, 15) is 0 Å². The zero-order valence-corrected chi connectivity index (χ0v) is 31.7. The fraction of sp³-hybridized carbons (Fsp3) is 0. The summed E-state index contributed by atoms with van der Waals surface area (Å²) >= 11 is 1.91. The third kappa shape index (κ3) is 4.43. The van der Waals surface area contributed by atoms with Crippen LogP contribution >= 0.6 is 11.3 Å². The Morgan fingerprint density at radius 3 is 1.19 bits per heavy atom. The summed E-state index contributed by atoms with van der Waals surface area (Å²) in [6.45, 7) is 0. The van der Waals surface area contributed by atoms with E-state index >= 15 is 0 Å². The maximum absolute atomic E-state index is 2.49. The molecule has 57 heavy (non-hydrogen) atoms. The Hall–Kier alpha value is -7.06. The topological polar surface area (TPSA) is 0 Å². The van der Waals surface area contributed by atoms with E-state index < -0.39 is 0 Å². The molecule has 0 spiro atoms. The molecule has 0 bridgehead atoms. The molecule has 1 heteroatoms. The highest BCUT2D eigenvalue weighted by Gasteiger charge is 2.21. The van der Waals surface area contributed by atoms with Crippen LogP contribution in [0, 0.1) is 0 Å². The van der Waals surface area contributed by atoms with Crippen molar-refractivity contribution in [3.8, 4) is 22.3 Å². The lowest BCUT2D eigenvalue weighted by Gasteiger charge is -2.20. The minimum absolute atomic E-state index is 1.25. The third-order valence-electron chi connectivity index (χ3n) is 12.5. The van der Waals surface area contributed by atoms with Gasteiger partial charge in [0.2, 0.25) is 0 Å². The molecule has 13 aromatic rings. The zero-order valence-electron chi connectivity index (χ0n) is 30.9. The van der Waals surface area contributed by atoms with Crippen LogP contribution in [-0.2, 0) is 0 Å². The van der Waals surface area contributed by atoms with E-state index in [-0.39, 0.29) is 0 Å². The summed E-state index contributed by atoms with van der Waals surface area (Å²) in [5.41, 5.74) is 5.15. The average Bonchev–Trinajstić information content (AvgIpc) is 3.63. The predicted molar refractivity (Wildman–Crippen MR) is 250 cm³/mol. The van der Waals surface area contributed by atoms with Crippen molar-refractivity contribution in [1.29, 1.82) is 0 Å². The van der Waals surface area contributed by atoms with Gasteiger partial charge in [-0.05, 0) is 151 Å². The highest BCUT2D eigenvalue weighted by atomic mass is 32.1. The Labute approximate surface area is 332 Å². The molecule has 0 aliphatic rings. The van der Waals surface area contributed by atoms with Gasteiger partial charge in [-0.1, -0.05) is 152 Å². The van der Waals surface area contributed by atoms with E-state index in [2.05, 4.69) is 194 Å². The van der Waals surface area contributed by atoms with Gasteiger partial charge in [-0.3, -0.25) is 0 Å². The second-order valence-corrected chi connectivity index (χ2v) is 16.6. The second-order valence-electron chi connectivity index (χ2n) is 15.5. The van der Waals surface area contributed by atoms with Gasteiger partial charge in [0.05, 0.1) is 0 Å². The van der Waals surface area contributed by atoms with Crippen molar-refractivity contribution in [3.63, 3.8) is 0 Å². The Morgan fingerprint density at radius 1 is 0.211 bits per heavy atom. The standard InChI is InChI=1S/C56H32S/c1-2-14-34-29-47-46(28-33(34)13-1)40-19-7-8-20-41(40)49-32-53-51(31-48(47)49)50-30-37(25-26-52(50)57-53)54-42-21-9-11-23-44(42)56(45-24-12-10-22-43(45)54)55-38-17-5-3-15-35(38)27-36-16-4-6-18-39(36)55/h1-32H. The summed E-state index contributed by atoms with van der Waals surface area (Å²) in [6, 6.07) is 72.9. The van der Waals surface area contributed by atoms with Gasteiger partial charge in [-0.2, -0.15) is 0 Å². The molecular weight excluding hydrogens is 705 g/mol. The predicted octanol–water partition coefficient (Wildman–Crippen LogP) is 16.6. The Morgan fingerprint density at radius 2 is 0.614 bits per heavy atom. The van der Waals surface area contributed by atoms with Crippen LogP contribution in [0.3, 0.4) is 0 Å². The number of hydrogen-bond donors (Lipinski definition) is 0. The first kappa shape index (κ1) is 31.2. The third-order valence-corrected chi connectivity index (χ3v) is 13.7. The highest BCUT2D eigenvalue weighted by Crippen LogP contribution is 2.49. The van der Waals surface area contributed by atoms with Gasteiger partial charge in [-0.25, -0.2) is 0 Å². The summed E-state index contributed by atoms with van der Waals surface area (Å²) in [4.78, 5) is 0. The smallest absolute Gasteiger partial charge is 0.0362 e. The second kappa shape index (κ2) is 11.7. The van der Waals surface area contributed by atoms with E-state index in [4.69, 9.17) is 0 Å². The van der Waals surface area contributed by atoms with Gasteiger partial charge in [0.15, 0.2) is 0 Å². The minimum atomic E-state index is 1.25. The van der Waals surface area contributed by atoms with Crippen molar-refractivity contribution in [3.05, 3.63) is 194 Å². The van der Waals surface area contributed by atoms with E-state index in [0.717, 1.165) is 0 Å². The maximum atomic E-state index is 2.49. The molecule has 0 amide bonds. The van der Waals surface area contributed by atoms with Crippen molar-refractivity contribution >= 4 is 118 Å². The molecule has 0 N–H and O–H groups in total. The van der Waals surface area contributed by atoms with Gasteiger partial charge in [0.1, 0.15) is 0 Å². The molecule has 12 aromatic carbocycles. The van der Waals surface area contributed by atoms with Gasteiger partial charge in [-0.15, -0.1) is 11.3 Å². The van der Waals surface area contributed by atoms with Crippen molar-refractivity contribution in [2.45, 2.75) is 0 Å². The van der Waals surface area contributed by atoms with Gasteiger partial charge < -0.3 is 0 Å². The number of hydrogen-bond acceptors (Lipinski definition) is 1. The molecule has 0 aliphatic heterocycles. The summed E-state index contributed by atoms with van der Waals surface area (Å²) in [5.74, 6) is 0. The lowest BCUT2D eigenvalue weighted by Crippen LogP contribution is -1.92. The zero-order chi connectivity index (χ0) is 37.2. The van der Waals surface area contributed by atoms with Gasteiger partial charge in [0, 0.05) is 20.2 Å². The SMILES string of the molecule is c1ccc2cc3c(cc2c1)c1ccccc1c1cc2sc4ccc(-c5c6ccccc6c(-c6c7ccccc7cc7ccccc67)c6ccccc56)cc4c2cc31. The highest BCUT2D eigenvalue weighted by molar-refractivity contribution is 7.25. The summed E-state index contributed by atoms with van der Waals surface area (Å²) < 4.78 is 2.64. The Kier molecular flexibility index (Phi) is 6.41. The Bertz CT molecular complexity index is 3750. The summed E-state index contributed by atoms with van der Waals surface area (Å²) in [5, 5.41) is 23.3. The molecule has 13 rings (SSSR count). The van der Waals surface area contributed by atoms with Crippen molar-refractivity contribution in [2.24, 2.45) is 0 Å². The van der Waals surface area contributed by atoms with Gasteiger partial charge >= 0.3 is 0 Å². The normalized spacial score (nSPS) is 12.2. The molecule has 0 radical (unpaired) electrons. The molecule has 0 saturated heterocycles. The molecule has 262 valence electrons. The first-order valence-corrected chi connectivity index (χ1v) is 20.6. The molecule has 1 heterocycles. The number of rotatable bonds is 2. The van der Waals surface area contributed by atoms with Crippen LogP contribution in [0.15, 0.2) is 194 Å². The average molecular weight is 737 g/mol. The van der Waals surface area contributed by atoms with Crippen LogP contribution in [0.1, 0.15) is 0 Å². The number of fused-ring (bicyclic) bond motifs is 14. The quantitative estimate of drug-likeness (QED) is 0.122. The fourth-order valence-corrected chi connectivity index (χ4v) is 11.2. The van der Waals surface area contributed by atoms with Gasteiger partial charge in [0.25, 0.3) is 0 Å². The molecule has 0 fully saturated rings. The number of thiophene rings is 1. The monoisotopic (exact) mass is 736 g/mol. The molecule has 0 unspecified atom stereocenters. The van der Waals surface area contributed by atoms with Crippen LogP contribution in [0.25, 0.3) is 129 Å².